The molecule has 0 amide bonds. The predicted molar refractivity (Wildman–Crippen MR) is 87.9 cm³/mol. The van der Waals surface area contributed by atoms with Crippen molar-refractivity contribution < 1.29 is 0 Å². The molecule has 0 spiro atoms. The molecular weight excluding hydrogens is 282 g/mol. The third-order valence-corrected chi connectivity index (χ3v) is 5.04. The van der Waals surface area contributed by atoms with E-state index in [9.17, 15) is 4.79 Å². The van der Waals surface area contributed by atoms with Crippen LogP contribution >= 0.6 is 11.3 Å². The Balaban J connectivity index is 2.24. The van der Waals surface area contributed by atoms with Gasteiger partial charge in [0.15, 0.2) is 5.13 Å². The molecule has 1 aliphatic carbocycles. The first-order chi connectivity index (χ1) is 10.1. The summed E-state index contributed by atoms with van der Waals surface area (Å²) >= 11 is 1.38. The Hall–Kier alpha value is -1.62. The Bertz CT molecular complexity index is 717. The molecule has 3 rings (SSSR count). The van der Waals surface area contributed by atoms with Crippen LogP contribution in [0.4, 0.5) is 5.13 Å². The lowest BCUT2D eigenvalue weighted by Crippen LogP contribution is -2.30. The first-order valence-corrected chi connectivity index (χ1v) is 8.48. The Morgan fingerprint density at radius 1 is 1.43 bits per heavy atom. The van der Waals surface area contributed by atoms with Crippen LogP contribution in [0.15, 0.2) is 16.2 Å². The van der Waals surface area contributed by atoms with E-state index in [1.807, 2.05) is 16.0 Å². The zero-order chi connectivity index (χ0) is 15.0. The van der Waals surface area contributed by atoms with Gasteiger partial charge >= 0.3 is 0 Å². The number of thiazole rings is 1. The summed E-state index contributed by atoms with van der Waals surface area (Å²) in [7, 11) is 0. The zero-order valence-electron chi connectivity index (χ0n) is 12.6. The van der Waals surface area contributed by atoms with Gasteiger partial charge in [-0.05, 0) is 50.7 Å². The summed E-state index contributed by atoms with van der Waals surface area (Å²) < 4.78 is 2.00. The molecule has 21 heavy (non-hydrogen) atoms. The number of aryl methyl sites for hydroxylation is 1. The molecule has 112 valence electrons. The molecule has 0 saturated heterocycles. The van der Waals surface area contributed by atoms with Crippen LogP contribution in [-0.4, -0.2) is 9.55 Å². The molecule has 1 unspecified atom stereocenters. The van der Waals surface area contributed by atoms with E-state index < -0.39 is 0 Å². The van der Waals surface area contributed by atoms with E-state index in [-0.39, 0.29) is 11.6 Å². The second-order valence-corrected chi connectivity index (χ2v) is 6.63. The summed E-state index contributed by atoms with van der Waals surface area (Å²) in [5.41, 5.74) is 9.76. The third-order valence-electron chi connectivity index (χ3n) is 4.37. The van der Waals surface area contributed by atoms with Crippen molar-refractivity contribution in [3.63, 3.8) is 0 Å². The molecular formula is C16H21N3OS. The van der Waals surface area contributed by atoms with Crippen molar-refractivity contribution in [2.75, 3.05) is 5.73 Å². The summed E-state index contributed by atoms with van der Waals surface area (Å²) in [6.45, 7) is 4.25. The standard InChI is InChI=1S/C16H21N3OS/c1-3-10(2)19-14-7-5-4-6-11(14)8-12(15(19)20)13-9-21-16(17)18-13/h8-10H,3-7H2,1-2H3,(H2,17,18). The van der Waals surface area contributed by atoms with Gasteiger partial charge in [-0.3, -0.25) is 4.79 Å². The van der Waals surface area contributed by atoms with Gasteiger partial charge in [-0.1, -0.05) is 6.92 Å². The van der Waals surface area contributed by atoms with Crippen LogP contribution in [0.3, 0.4) is 0 Å². The largest absolute Gasteiger partial charge is 0.375 e. The van der Waals surface area contributed by atoms with Crippen LogP contribution in [0, 0.1) is 0 Å². The number of aromatic nitrogens is 2. The smallest absolute Gasteiger partial charge is 0.260 e. The quantitative estimate of drug-likeness (QED) is 0.945. The minimum absolute atomic E-state index is 0.0790. The highest BCUT2D eigenvalue weighted by atomic mass is 32.1. The first kappa shape index (κ1) is 14.3. The maximum Gasteiger partial charge on any atom is 0.260 e. The molecule has 0 radical (unpaired) electrons. The fraction of sp³-hybridized carbons (Fsp3) is 0.500. The van der Waals surface area contributed by atoms with E-state index >= 15 is 0 Å². The number of nitrogen functional groups attached to an aromatic ring is 1. The molecule has 0 bridgehead atoms. The average molecular weight is 303 g/mol. The van der Waals surface area contributed by atoms with Gasteiger partial charge in [0.25, 0.3) is 5.56 Å². The summed E-state index contributed by atoms with van der Waals surface area (Å²) in [6, 6.07) is 2.27. The molecule has 0 aliphatic heterocycles. The molecule has 1 aliphatic rings. The van der Waals surface area contributed by atoms with Gasteiger partial charge in [-0.2, -0.15) is 0 Å². The zero-order valence-corrected chi connectivity index (χ0v) is 13.4. The van der Waals surface area contributed by atoms with Crippen molar-refractivity contribution in [1.82, 2.24) is 9.55 Å². The Morgan fingerprint density at radius 2 is 2.19 bits per heavy atom. The van der Waals surface area contributed by atoms with Gasteiger partial charge in [0.1, 0.15) is 0 Å². The van der Waals surface area contributed by atoms with E-state index in [0.717, 1.165) is 19.3 Å². The van der Waals surface area contributed by atoms with Crippen molar-refractivity contribution in [3.05, 3.63) is 33.1 Å². The highest BCUT2D eigenvalue weighted by Crippen LogP contribution is 2.28. The molecule has 0 saturated carbocycles. The van der Waals surface area contributed by atoms with E-state index in [1.165, 1.54) is 35.4 Å². The Morgan fingerprint density at radius 3 is 2.86 bits per heavy atom. The molecule has 2 heterocycles. The Kier molecular flexibility index (Phi) is 3.85. The number of nitrogens with two attached hydrogens (primary N) is 1. The number of fused-ring (bicyclic) bond motifs is 1. The van der Waals surface area contributed by atoms with Crippen molar-refractivity contribution in [3.8, 4) is 11.3 Å². The van der Waals surface area contributed by atoms with Crippen LogP contribution in [0.25, 0.3) is 11.3 Å². The Labute approximate surface area is 128 Å². The van der Waals surface area contributed by atoms with E-state index in [0.29, 0.717) is 16.4 Å². The topological polar surface area (TPSA) is 60.9 Å². The van der Waals surface area contributed by atoms with E-state index in [1.54, 1.807) is 0 Å². The highest BCUT2D eigenvalue weighted by Gasteiger charge is 2.21. The van der Waals surface area contributed by atoms with E-state index in [2.05, 4.69) is 18.8 Å². The van der Waals surface area contributed by atoms with Crippen LogP contribution < -0.4 is 11.3 Å². The summed E-state index contributed by atoms with van der Waals surface area (Å²) in [5.74, 6) is 0. The number of hydrogen-bond acceptors (Lipinski definition) is 4. The number of hydrogen-bond donors (Lipinski definition) is 1. The molecule has 2 N–H and O–H groups in total. The number of nitrogens with zero attached hydrogens (tertiary/aromatic N) is 2. The molecule has 2 aromatic heterocycles. The van der Waals surface area contributed by atoms with Gasteiger partial charge < -0.3 is 10.3 Å². The second-order valence-electron chi connectivity index (χ2n) is 5.74. The lowest BCUT2D eigenvalue weighted by Gasteiger charge is -2.25. The third kappa shape index (κ3) is 2.50. The number of anilines is 1. The first-order valence-electron chi connectivity index (χ1n) is 7.60. The van der Waals surface area contributed by atoms with Crippen LogP contribution in [0.5, 0.6) is 0 Å². The predicted octanol–water partition coefficient (Wildman–Crippen LogP) is 3.40. The maximum absolute atomic E-state index is 12.9. The van der Waals surface area contributed by atoms with Crippen LogP contribution in [0.1, 0.15) is 50.4 Å². The average Bonchev–Trinajstić information content (AvgIpc) is 2.92. The molecule has 1 atom stereocenters. The highest BCUT2D eigenvalue weighted by molar-refractivity contribution is 7.13. The molecule has 4 nitrogen and oxygen atoms in total. The SMILES string of the molecule is CCC(C)n1c2c(cc(-c3csc(N)n3)c1=O)CCCC2. The van der Waals surface area contributed by atoms with Crippen molar-refractivity contribution in [1.29, 1.82) is 0 Å². The normalized spacial score (nSPS) is 15.7. The minimum atomic E-state index is 0.0790. The van der Waals surface area contributed by atoms with Gasteiger partial charge in [-0.15, -0.1) is 11.3 Å². The molecule has 5 heteroatoms. The van der Waals surface area contributed by atoms with Gasteiger partial charge in [-0.25, -0.2) is 4.98 Å². The fourth-order valence-electron chi connectivity index (χ4n) is 3.08. The molecule has 0 aromatic carbocycles. The van der Waals surface area contributed by atoms with Gasteiger partial charge in [0.05, 0.1) is 11.3 Å². The minimum Gasteiger partial charge on any atom is -0.375 e. The second kappa shape index (κ2) is 5.64. The van der Waals surface area contributed by atoms with Crippen molar-refractivity contribution >= 4 is 16.5 Å². The molecule has 2 aromatic rings. The monoisotopic (exact) mass is 303 g/mol. The van der Waals surface area contributed by atoms with Crippen molar-refractivity contribution in [2.45, 2.75) is 52.0 Å². The van der Waals surface area contributed by atoms with Crippen molar-refractivity contribution in [2.24, 2.45) is 0 Å². The van der Waals surface area contributed by atoms with Crippen LogP contribution in [-0.2, 0) is 12.8 Å². The lowest BCUT2D eigenvalue weighted by molar-refractivity contribution is 0.476. The van der Waals surface area contributed by atoms with Gasteiger partial charge in [0, 0.05) is 17.1 Å². The lowest BCUT2D eigenvalue weighted by atomic mass is 9.93. The summed E-state index contributed by atoms with van der Waals surface area (Å²) in [5, 5.41) is 2.39. The maximum atomic E-state index is 12.9. The number of pyridine rings is 1. The molecule has 0 fully saturated rings. The number of rotatable bonds is 3. The fourth-order valence-corrected chi connectivity index (χ4v) is 3.64. The summed E-state index contributed by atoms with van der Waals surface area (Å²) in [6.07, 6.45) is 5.39. The summed E-state index contributed by atoms with van der Waals surface area (Å²) in [4.78, 5) is 17.2. The van der Waals surface area contributed by atoms with E-state index in [4.69, 9.17) is 5.73 Å². The van der Waals surface area contributed by atoms with Gasteiger partial charge in [0.2, 0.25) is 0 Å². The van der Waals surface area contributed by atoms with Crippen LogP contribution in [0.2, 0.25) is 0 Å².